The molecule has 90 valence electrons. The number of likely N-dealkylation sites (N-methyl/N-ethyl adjacent to an activating group) is 1. The summed E-state index contributed by atoms with van der Waals surface area (Å²) in [4.78, 5) is 2.46. The Kier molecular flexibility index (Phi) is 5.50. The molecule has 0 amide bonds. The molecule has 0 aliphatic heterocycles. The summed E-state index contributed by atoms with van der Waals surface area (Å²) in [6.07, 6.45) is 1.12. The van der Waals surface area contributed by atoms with Crippen LogP contribution in [0.25, 0.3) is 0 Å². The predicted molar refractivity (Wildman–Crippen MR) is 70.4 cm³/mol. The molecule has 2 heteroatoms. The van der Waals surface area contributed by atoms with E-state index in [2.05, 4.69) is 49.9 Å². The molecule has 0 fully saturated rings. The van der Waals surface area contributed by atoms with Crippen molar-refractivity contribution in [3.05, 3.63) is 35.4 Å². The lowest BCUT2D eigenvalue weighted by Crippen LogP contribution is -2.39. The Morgan fingerprint density at radius 3 is 2.44 bits per heavy atom. The normalized spacial score (nSPS) is 13.1. The molecule has 0 aromatic heterocycles. The monoisotopic (exact) mass is 220 g/mol. The minimum atomic E-state index is 0.504. The smallest absolute Gasteiger partial charge is 0.0239 e. The summed E-state index contributed by atoms with van der Waals surface area (Å²) in [6, 6.07) is 9.09. The maximum atomic E-state index is 5.81. The minimum Gasteiger partial charge on any atom is -0.329 e. The van der Waals surface area contributed by atoms with Crippen molar-refractivity contribution in [1.82, 2.24) is 4.90 Å². The SMILES string of the molecule is CCC(CN)N(CC)Cc1ccccc1C. The zero-order valence-corrected chi connectivity index (χ0v) is 10.7. The Morgan fingerprint density at radius 1 is 1.25 bits per heavy atom. The largest absolute Gasteiger partial charge is 0.329 e. The Balaban J connectivity index is 2.73. The summed E-state index contributed by atoms with van der Waals surface area (Å²) in [7, 11) is 0. The van der Waals surface area contributed by atoms with E-state index in [9.17, 15) is 0 Å². The van der Waals surface area contributed by atoms with E-state index >= 15 is 0 Å². The van der Waals surface area contributed by atoms with Crippen LogP contribution in [0.5, 0.6) is 0 Å². The fourth-order valence-corrected chi connectivity index (χ4v) is 2.08. The maximum Gasteiger partial charge on any atom is 0.0239 e. The van der Waals surface area contributed by atoms with Gasteiger partial charge in [-0.2, -0.15) is 0 Å². The van der Waals surface area contributed by atoms with Crippen LogP contribution in [0, 0.1) is 6.92 Å². The van der Waals surface area contributed by atoms with Gasteiger partial charge in [-0.1, -0.05) is 38.1 Å². The van der Waals surface area contributed by atoms with Crippen LogP contribution in [0.15, 0.2) is 24.3 Å². The van der Waals surface area contributed by atoms with E-state index in [4.69, 9.17) is 5.73 Å². The molecule has 1 unspecified atom stereocenters. The van der Waals surface area contributed by atoms with Crippen molar-refractivity contribution in [1.29, 1.82) is 0 Å². The topological polar surface area (TPSA) is 29.3 Å². The van der Waals surface area contributed by atoms with E-state index in [0.717, 1.165) is 26.1 Å². The molecule has 1 aromatic carbocycles. The Bertz CT molecular complexity index is 305. The van der Waals surface area contributed by atoms with E-state index < -0.39 is 0 Å². The quantitative estimate of drug-likeness (QED) is 0.798. The number of nitrogens with two attached hydrogens (primary N) is 1. The molecular formula is C14H24N2. The molecule has 2 N–H and O–H groups in total. The van der Waals surface area contributed by atoms with Crippen LogP contribution < -0.4 is 5.73 Å². The number of nitrogens with zero attached hydrogens (tertiary/aromatic N) is 1. The molecule has 16 heavy (non-hydrogen) atoms. The molecule has 1 aromatic rings. The van der Waals surface area contributed by atoms with Gasteiger partial charge in [0.2, 0.25) is 0 Å². The van der Waals surface area contributed by atoms with Gasteiger partial charge in [0.15, 0.2) is 0 Å². The fraction of sp³-hybridized carbons (Fsp3) is 0.571. The van der Waals surface area contributed by atoms with Gasteiger partial charge in [0.05, 0.1) is 0 Å². The van der Waals surface area contributed by atoms with Crippen molar-refractivity contribution < 1.29 is 0 Å². The molecule has 0 radical (unpaired) electrons. The molecule has 0 saturated carbocycles. The summed E-state index contributed by atoms with van der Waals surface area (Å²) < 4.78 is 0. The third-order valence-electron chi connectivity index (χ3n) is 3.30. The molecule has 0 heterocycles. The molecule has 0 spiro atoms. The van der Waals surface area contributed by atoms with Crippen molar-refractivity contribution in [2.75, 3.05) is 13.1 Å². The number of hydrogen-bond donors (Lipinski definition) is 1. The molecule has 2 nitrogen and oxygen atoms in total. The first-order valence-electron chi connectivity index (χ1n) is 6.21. The maximum absolute atomic E-state index is 5.81. The summed E-state index contributed by atoms with van der Waals surface area (Å²) in [6.45, 7) is 9.40. The third kappa shape index (κ3) is 3.32. The van der Waals surface area contributed by atoms with Crippen LogP contribution in [0.4, 0.5) is 0 Å². The van der Waals surface area contributed by atoms with Crippen LogP contribution in [0.2, 0.25) is 0 Å². The summed E-state index contributed by atoms with van der Waals surface area (Å²) in [5.41, 5.74) is 8.59. The van der Waals surface area contributed by atoms with Crippen molar-refractivity contribution in [2.24, 2.45) is 5.73 Å². The van der Waals surface area contributed by atoms with Crippen molar-refractivity contribution in [2.45, 2.75) is 39.8 Å². The van der Waals surface area contributed by atoms with Crippen molar-refractivity contribution >= 4 is 0 Å². The third-order valence-corrected chi connectivity index (χ3v) is 3.30. The van der Waals surface area contributed by atoms with Crippen molar-refractivity contribution in [3.8, 4) is 0 Å². The van der Waals surface area contributed by atoms with Crippen LogP contribution in [-0.4, -0.2) is 24.0 Å². The lowest BCUT2D eigenvalue weighted by Gasteiger charge is -2.29. The van der Waals surface area contributed by atoms with Gasteiger partial charge in [0.1, 0.15) is 0 Å². The van der Waals surface area contributed by atoms with Gasteiger partial charge < -0.3 is 5.73 Å². The van der Waals surface area contributed by atoms with Crippen LogP contribution in [0.1, 0.15) is 31.4 Å². The molecule has 1 rings (SSSR count). The molecule has 0 bridgehead atoms. The number of benzene rings is 1. The zero-order valence-electron chi connectivity index (χ0n) is 10.7. The molecule has 0 saturated heterocycles. The van der Waals surface area contributed by atoms with E-state index in [1.807, 2.05) is 0 Å². The van der Waals surface area contributed by atoms with Gasteiger partial charge in [-0.3, -0.25) is 4.90 Å². The molecule has 0 aliphatic rings. The summed E-state index contributed by atoms with van der Waals surface area (Å²) >= 11 is 0. The zero-order chi connectivity index (χ0) is 12.0. The van der Waals surface area contributed by atoms with Crippen molar-refractivity contribution in [3.63, 3.8) is 0 Å². The van der Waals surface area contributed by atoms with Gasteiger partial charge in [-0.05, 0) is 31.0 Å². The van der Waals surface area contributed by atoms with Gasteiger partial charge in [-0.25, -0.2) is 0 Å². The second-order valence-corrected chi connectivity index (χ2v) is 4.29. The van der Waals surface area contributed by atoms with Crippen LogP contribution >= 0.6 is 0 Å². The predicted octanol–water partition coefficient (Wildman–Crippen LogP) is 2.55. The van der Waals surface area contributed by atoms with Gasteiger partial charge in [0, 0.05) is 19.1 Å². The standard InChI is InChI=1S/C14H24N2/c1-4-14(10-15)16(5-2)11-13-9-7-6-8-12(13)3/h6-9,14H,4-5,10-11,15H2,1-3H3. The van der Waals surface area contributed by atoms with E-state index in [-0.39, 0.29) is 0 Å². The lowest BCUT2D eigenvalue weighted by molar-refractivity contribution is 0.196. The van der Waals surface area contributed by atoms with Crippen LogP contribution in [-0.2, 0) is 6.54 Å². The highest BCUT2D eigenvalue weighted by atomic mass is 15.2. The first-order valence-corrected chi connectivity index (χ1v) is 6.21. The van der Waals surface area contributed by atoms with Gasteiger partial charge >= 0.3 is 0 Å². The average Bonchev–Trinajstić information content (AvgIpc) is 2.31. The molecular weight excluding hydrogens is 196 g/mol. The second kappa shape index (κ2) is 6.66. The summed E-state index contributed by atoms with van der Waals surface area (Å²) in [5.74, 6) is 0. The number of hydrogen-bond acceptors (Lipinski definition) is 2. The number of rotatable bonds is 6. The molecule has 0 aliphatic carbocycles. The first kappa shape index (κ1) is 13.2. The highest BCUT2D eigenvalue weighted by Gasteiger charge is 2.14. The molecule has 1 atom stereocenters. The van der Waals surface area contributed by atoms with Gasteiger partial charge in [-0.15, -0.1) is 0 Å². The lowest BCUT2D eigenvalue weighted by atomic mass is 10.1. The Hall–Kier alpha value is -0.860. The van der Waals surface area contributed by atoms with Crippen LogP contribution in [0.3, 0.4) is 0 Å². The van der Waals surface area contributed by atoms with E-state index in [1.54, 1.807) is 0 Å². The first-order chi connectivity index (χ1) is 7.72. The van der Waals surface area contributed by atoms with E-state index in [0.29, 0.717) is 6.04 Å². The average molecular weight is 220 g/mol. The van der Waals surface area contributed by atoms with E-state index in [1.165, 1.54) is 11.1 Å². The highest BCUT2D eigenvalue weighted by molar-refractivity contribution is 5.25. The fourth-order valence-electron chi connectivity index (χ4n) is 2.08. The number of aryl methyl sites for hydroxylation is 1. The van der Waals surface area contributed by atoms with Gasteiger partial charge in [0.25, 0.3) is 0 Å². The summed E-state index contributed by atoms with van der Waals surface area (Å²) in [5, 5.41) is 0. The highest BCUT2D eigenvalue weighted by Crippen LogP contribution is 2.13. The Morgan fingerprint density at radius 2 is 1.94 bits per heavy atom. The second-order valence-electron chi connectivity index (χ2n) is 4.29. The minimum absolute atomic E-state index is 0.504. The Labute approximate surface area is 99.5 Å².